The fourth-order valence-electron chi connectivity index (χ4n) is 3.24. The maximum absolute atomic E-state index is 12.8. The zero-order chi connectivity index (χ0) is 16.4. The molecule has 1 aliphatic rings. The molecule has 1 aromatic heterocycles. The normalized spacial score (nSPS) is 17.2. The second-order valence-corrected chi connectivity index (χ2v) is 7.05. The maximum Gasteiger partial charge on any atom is 0.322 e. The summed E-state index contributed by atoms with van der Waals surface area (Å²) in [4.78, 5) is 15.9. The van der Waals surface area contributed by atoms with Gasteiger partial charge in [0.2, 0.25) is 0 Å². The van der Waals surface area contributed by atoms with E-state index in [4.69, 9.17) is 0 Å². The Morgan fingerprint density at radius 3 is 2.83 bits per heavy atom. The van der Waals surface area contributed by atoms with Gasteiger partial charge in [0.1, 0.15) is 0 Å². The number of hydrogen-bond donors (Lipinski definition) is 1. The Kier molecular flexibility index (Phi) is 4.66. The first-order valence-electron chi connectivity index (χ1n) is 7.97. The molecule has 2 aromatic rings. The lowest BCUT2D eigenvalue weighted by Gasteiger charge is -2.39. The molecule has 0 saturated carbocycles. The number of carbonyl (C=O) groups is 1. The van der Waals surface area contributed by atoms with Crippen molar-refractivity contribution in [2.24, 2.45) is 5.92 Å². The molecule has 0 aliphatic carbocycles. The summed E-state index contributed by atoms with van der Waals surface area (Å²) < 4.78 is 2.25. The first kappa shape index (κ1) is 16.0. The zero-order valence-corrected chi connectivity index (χ0v) is 14.6. The molecule has 0 unspecified atom stereocenters. The molecule has 0 fully saturated rings. The van der Waals surface area contributed by atoms with E-state index in [9.17, 15) is 4.79 Å². The van der Waals surface area contributed by atoms with E-state index < -0.39 is 0 Å². The molecule has 0 spiro atoms. The lowest BCUT2D eigenvalue weighted by atomic mass is 9.97. The molecule has 2 amide bonds. The molecule has 3 rings (SSSR count). The molecule has 23 heavy (non-hydrogen) atoms. The predicted octanol–water partition coefficient (Wildman–Crippen LogP) is 4.45. The molecule has 1 atom stereocenters. The summed E-state index contributed by atoms with van der Waals surface area (Å²) in [5.74, 6) is 0.368. The summed E-state index contributed by atoms with van der Waals surface area (Å²) in [5.41, 5.74) is 2.07. The molecule has 0 radical (unpaired) electrons. The van der Waals surface area contributed by atoms with Crippen LogP contribution < -0.4 is 5.32 Å². The lowest BCUT2D eigenvalue weighted by molar-refractivity contribution is 0.144. The molecule has 2 heterocycles. The topological polar surface area (TPSA) is 37.3 Å². The van der Waals surface area contributed by atoms with Crippen molar-refractivity contribution >= 4 is 23.5 Å². The second-order valence-electron chi connectivity index (χ2n) is 6.17. The SMILES string of the molecule is CSc1cccc(NC(=O)N2CCn3cccc3[C@@H]2C(C)C)c1. The van der Waals surface area contributed by atoms with Crippen LogP contribution in [0.25, 0.3) is 0 Å². The molecular formula is C18H23N3OS. The first-order valence-corrected chi connectivity index (χ1v) is 9.19. The van der Waals surface area contributed by atoms with Gasteiger partial charge in [-0.1, -0.05) is 19.9 Å². The Balaban J connectivity index is 1.81. The highest BCUT2D eigenvalue weighted by Gasteiger charge is 2.32. The number of aromatic nitrogens is 1. The largest absolute Gasteiger partial charge is 0.348 e. The van der Waals surface area contributed by atoms with Crippen molar-refractivity contribution in [2.75, 3.05) is 18.1 Å². The quantitative estimate of drug-likeness (QED) is 0.845. The van der Waals surface area contributed by atoms with E-state index in [1.54, 1.807) is 11.8 Å². The Morgan fingerprint density at radius 1 is 1.26 bits per heavy atom. The fourth-order valence-corrected chi connectivity index (χ4v) is 3.70. The molecule has 4 nitrogen and oxygen atoms in total. The van der Waals surface area contributed by atoms with E-state index in [2.05, 4.69) is 42.1 Å². The average Bonchev–Trinajstić information content (AvgIpc) is 3.02. The molecule has 0 bridgehead atoms. The van der Waals surface area contributed by atoms with Gasteiger partial charge in [-0.15, -0.1) is 11.8 Å². The fraction of sp³-hybridized carbons (Fsp3) is 0.389. The van der Waals surface area contributed by atoms with Crippen LogP contribution in [0.1, 0.15) is 25.6 Å². The van der Waals surface area contributed by atoms with Crippen LogP contribution in [0.3, 0.4) is 0 Å². The summed E-state index contributed by atoms with van der Waals surface area (Å²) >= 11 is 1.67. The number of amides is 2. The molecule has 5 heteroatoms. The second kappa shape index (κ2) is 6.71. The molecule has 1 aliphatic heterocycles. The molecule has 122 valence electrons. The van der Waals surface area contributed by atoms with Crippen LogP contribution in [0, 0.1) is 5.92 Å². The highest BCUT2D eigenvalue weighted by atomic mass is 32.2. The van der Waals surface area contributed by atoms with Crippen LogP contribution in [0.4, 0.5) is 10.5 Å². The van der Waals surface area contributed by atoms with Crippen molar-refractivity contribution in [3.63, 3.8) is 0 Å². The maximum atomic E-state index is 12.8. The Bertz CT molecular complexity index is 695. The number of fused-ring (bicyclic) bond motifs is 1. The van der Waals surface area contributed by atoms with E-state index >= 15 is 0 Å². The van der Waals surface area contributed by atoms with Gasteiger partial charge in [0.15, 0.2) is 0 Å². The van der Waals surface area contributed by atoms with Crippen LogP contribution in [0.5, 0.6) is 0 Å². The van der Waals surface area contributed by atoms with Gasteiger partial charge >= 0.3 is 6.03 Å². The van der Waals surface area contributed by atoms with Gasteiger partial charge in [0.25, 0.3) is 0 Å². The highest BCUT2D eigenvalue weighted by Crippen LogP contribution is 2.32. The number of hydrogen-bond acceptors (Lipinski definition) is 2. The number of thioether (sulfide) groups is 1. The minimum atomic E-state index is -0.0191. The van der Waals surface area contributed by atoms with Gasteiger partial charge in [-0.25, -0.2) is 4.79 Å². The zero-order valence-electron chi connectivity index (χ0n) is 13.8. The Morgan fingerprint density at radius 2 is 2.09 bits per heavy atom. The number of nitrogens with zero attached hydrogens (tertiary/aromatic N) is 2. The van der Waals surface area contributed by atoms with E-state index in [-0.39, 0.29) is 12.1 Å². The van der Waals surface area contributed by atoms with Gasteiger partial charge in [-0.2, -0.15) is 0 Å². The average molecular weight is 329 g/mol. The Hall–Kier alpha value is -1.88. The van der Waals surface area contributed by atoms with E-state index in [0.29, 0.717) is 5.92 Å². The summed E-state index contributed by atoms with van der Waals surface area (Å²) in [6.45, 7) is 5.92. The first-order chi connectivity index (χ1) is 11.1. The van der Waals surface area contributed by atoms with Crippen molar-refractivity contribution in [2.45, 2.75) is 31.3 Å². The monoisotopic (exact) mass is 329 g/mol. The van der Waals surface area contributed by atoms with Crippen molar-refractivity contribution in [1.82, 2.24) is 9.47 Å². The van der Waals surface area contributed by atoms with E-state index in [1.165, 1.54) is 5.69 Å². The summed E-state index contributed by atoms with van der Waals surface area (Å²) in [6, 6.07) is 12.3. The number of rotatable bonds is 3. The van der Waals surface area contributed by atoms with Crippen LogP contribution in [0.2, 0.25) is 0 Å². The predicted molar refractivity (Wildman–Crippen MR) is 96.0 cm³/mol. The lowest BCUT2D eigenvalue weighted by Crippen LogP contribution is -2.45. The molecular weight excluding hydrogens is 306 g/mol. The highest BCUT2D eigenvalue weighted by molar-refractivity contribution is 7.98. The van der Waals surface area contributed by atoms with Crippen LogP contribution in [-0.2, 0) is 6.54 Å². The van der Waals surface area contributed by atoms with Crippen molar-refractivity contribution < 1.29 is 4.79 Å². The molecule has 0 saturated heterocycles. The smallest absolute Gasteiger partial charge is 0.322 e. The van der Waals surface area contributed by atoms with Gasteiger partial charge in [-0.05, 0) is 42.5 Å². The summed E-state index contributed by atoms with van der Waals surface area (Å²) in [5, 5.41) is 3.06. The number of anilines is 1. The number of benzene rings is 1. The number of nitrogens with one attached hydrogen (secondary N) is 1. The van der Waals surface area contributed by atoms with Crippen molar-refractivity contribution in [3.8, 4) is 0 Å². The minimum absolute atomic E-state index is 0.0191. The van der Waals surface area contributed by atoms with Crippen molar-refractivity contribution in [1.29, 1.82) is 0 Å². The number of carbonyl (C=O) groups excluding carboxylic acids is 1. The van der Waals surface area contributed by atoms with E-state index in [1.807, 2.05) is 35.4 Å². The van der Waals surface area contributed by atoms with Crippen LogP contribution >= 0.6 is 11.8 Å². The third-order valence-electron chi connectivity index (χ3n) is 4.30. The van der Waals surface area contributed by atoms with Gasteiger partial charge in [0, 0.05) is 35.6 Å². The van der Waals surface area contributed by atoms with E-state index in [0.717, 1.165) is 23.7 Å². The summed E-state index contributed by atoms with van der Waals surface area (Å²) in [7, 11) is 0. The van der Waals surface area contributed by atoms with Crippen LogP contribution in [-0.4, -0.2) is 28.3 Å². The standard InChI is InChI=1S/C18H23N3OS/c1-13(2)17-16-8-5-9-20(16)10-11-21(17)18(22)19-14-6-4-7-15(12-14)23-3/h4-9,12-13,17H,10-11H2,1-3H3,(H,19,22)/t17-/m0/s1. The summed E-state index contributed by atoms with van der Waals surface area (Å²) in [6.07, 6.45) is 4.14. The molecule has 1 aromatic carbocycles. The third kappa shape index (κ3) is 3.24. The van der Waals surface area contributed by atoms with Gasteiger partial charge in [-0.3, -0.25) is 0 Å². The van der Waals surface area contributed by atoms with Crippen molar-refractivity contribution in [3.05, 3.63) is 48.3 Å². The molecule has 1 N–H and O–H groups in total. The number of urea groups is 1. The van der Waals surface area contributed by atoms with Gasteiger partial charge < -0.3 is 14.8 Å². The minimum Gasteiger partial charge on any atom is -0.348 e. The van der Waals surface area contributed by atoms with Crippen LogP contribution in [0.15, 0.2) is 47.5 Å². The third-order valence-corrected chi connectivity index (χ3v) is 5.02. The Labute approximate surface area is 141 Å². The van der Waals surface area contributed by atoms with Gasteiger partial charge in [0.05, 0.1) is 6.04 Å².